The Morgan fingerprint density at radius 1 is 1.23 bits per heavy atom. The van der Waals surface area contributed by atoms with Gasteiger partial charge >= 0.3 is 0 Å². The Balaban J connectivity index is 1.37. The van der Waals surface area contributed by atoms with Crippen molar-refractivity contribution in [2.75, 3.05) is 6.54 Å². The minimum absolute atomic E-state index is 0.0376. The molecule has 0 aliphatic carbocycles. The van der Waals surface area contributed by atoms with Crippen molar-refractivity contribution in [1.29, 1.82) is 0 Å². The van der Waals surface area contributed by atoms with Crippen LogP contribution in [-0.2, 0) is 33.1 Å². The van der Waals surface area contributed by atoms with Crippen molar-refractivity contribution in [2.24, 2.45) is 12.8 Å². The number of para-hydroxylation sites is 1. The van der Waals surface area contributed by atoms with E-state index in [9.17, 15) is 22.8 Å². The van der Waals surface area contributed by atoms with Gasteiger partial charge in [0.1, 0.15) is 12.1 Å². The quantitative estimate of drug-likeness (QED) is 0.229. The number of aromatic amines is 1. The summed E-state index contributed by atoms with van der Waals surface area (Å²) in [5, 5.41) is 3.43. The van der Waals surface area contributed by atoms with E-state index in [0.717, 1.165) is 16.5 Å². The Kier molecular flexibility index (Phi) is 7.45. The summed E-state index contributed by atoms with van der Waals surface area (Å²) >= 11 is 0. The van der Waals surface area contributed by atoms with Gasteiger partial charge in [0.2, 0.25) is 11.8 Å². The highest BCUT2D eigenvalue weighted by molar-refractivity contribution is 7.89. The lowest BCUT2D eigenvalue weighted by atomic mass is 9.96. The fourth-order valence-electron chi connectivity index (χ4n) is 4.92. The van der Waals surface area contributed by atoms with Gasteiger partial charge in [0.05, 0.1) is 12.6 Å². The molecule has 1 saturated heterocycles. The summed E-state index contributed by atoms with van der Waals surface area (Å²) in [6.07, 6.45) is 6.17. The first-order valence-corrected chi connectivity index (χ1v) is 14.1. The van der Waals surface area contributed by atoms with Crippen molar-refractivity contribution in [3.63, 3.8) is 0 Å². The van der Waals surface area contributed by atoms with E-state index in [0.29, 0.717) is 0 Å². The van der Waals surface area contributed by atoms with E-state index < -0.39 is 45.9 Å². The fourth-order valence-corrected chi connectivity index (χ4v) is 6.19. The minimum atomic E-state index is -3.97. The number of aryl methyl sites for hydroxylation is 1. The number of nitrogens with one attached hydrogen (secondary N) is 3. The summed E-state index contributed by atoms with van der Waals surface area (Å²) in [5.41, 5.74) is 7.32. The second kappa shape index (κ2) is 11.0. The minimum Gasteiger partial charge on any atom is -0.459 e. The largest absolute Gasteiger partial charge is 0.459 e. The number of hydrogen-bond donors (Lipinski definition) is 4. The maximum Gasteiger partial charge on any atom is 0.290 e. The molecule has 1 aromatic carbocycles. The van der Waals surface area contributed by atoms with Crippen molar-refractivity contribution in [3.05, 3.63) is 72.7 Å². The molecule has 210 valence electrons. The third kappa shape index (κ3) is 5.62. The number of imidazole rings is 1. The lowest BCUT2D eigenvalue weighted by molar-refractivity contribution is -0.131. The van der Waals surface area contributed by atoms with Crippen LogP contribution >= 0.6 is 0 Å². The number of primary amides is 1. The van der Waals surface area contributed by atoms with Gasteiger partial charge in [0, 0.05) is 49.4 Å². The molecule has 0 spiro atoms. The third-order valence-corrected chi connectivity index (χ3v) is 8.34. The third-order valence-electron chi connectivity index (χ3n) is 6.94. The summed E-state index contributed by atoms with van der Waals surface area (Å²) in [5.74, 6) is -1.87. The zero-order valence-corrected chi connectivity index (χ0v) is 22.4. The number of rotatable bonds is 9. The van der Waals surface area contributed by atoms with Crippen molar-refractivity contribution in [1.82, 2.24) is 29.5 Å². The Bertz CT molecular complexity index is 1640. The summed E-state index contributed by atoms with van der Waals surface area (Å²) < 4.78 is 35.1. The molecule has 3 amide bonds. The second-order valence-corrected chi connectivity index (χ2v) is 11.4. The van der Waals surface area contributed by atoms with Crippen LogP contribution in [0.4, 0.5) is 0 Å². The van der Waals surface area contributed by atoms with Crippen LogP contribution < -0.4 is 15.8 Å². The zero-order valence-electron chi connectivity index (χ0n) is 21.6. The molecule has 4 aromatic rings. The van der Waals surface area contributed by atoms with Crippen LogP contribution in [0.15, 0.2) is 70.8 Å². The average Bonchev–Trinajstić information content (AvgIpc) is 3.69. The molecule has 4 heterocycles. The van der Waals surface area contributed by atoms with E-state index in [1.807, 2.05) is 24.3 Å². The number of likely N-dealkylation sites (tertiary alicyclic amines) is 1. The first kappa shape index (κ1) is 27.1. The Morgan fingerprint density at radius 3 is 2.73 bits per heavy atom. The van der Waals surface area contributed by atoms with Gasteiger partial charge < -0.3 is 29.9 Å². The molecule has 40 heavy (non-hydrogen) atoms. The smallest absolute Gasteiger partial charge is 0.290 e. The van der Waals surface area contributed by atoms with Crippen LogP contribution in [0.1, 0.15) is 29.0 Å². The van der Waals surface area contributed by atoms with E-state index in [2.05, 4.69) is 20.0 Å². The molecule has 3 atom stereocenters. The lowest BCUT2D eigenvalue weighted by Crippen LogP contribution is -2.59. The highest BCUT2D eigenvalue weighted by Crippen LogP contribution is 2.24. The maximum absolute atomic E-state index is 13.6. The number of amides is 3. The van der Waals surface area contributed by atoms with Crippen molar-refractivity contribution >= 4 is 38.6 Å². The molecule has 3 unspecified atom stereocenters. The Hall–Kier alpha value is -4.43. The summed E-state index contributed by atoms with van der Waals surface area (Å²) in [4.78, 5) is 47.6. The van der Waals surface area contributed by atoms with Crippen LogP contribution in [-0.4, -0.2) is 70.2 Å². The summed E-state index contributed by atoms with van der Waals surface area (Å²) in [6, 6.07) is 7.71. The van der Waals surface area contributed by atoms with Gasteiger partial charge in [-0.05, 0) is 36.6 Å². The molecule has 5 rings (SSSR count). The number of aromatic nitrogens is 3. The zero-order chi connectivity index (χ0) is 28.4. The predicted octanol–water partition coefficient (Wildman–Crippen LogP) is 0.659. The molecule has 3 aromatic heterocycles. The molecule has 0 radical (unpaired) electrons. The highest BCUT2D eigenvalue weighted by atomic mass is 32.2. The van der Waals surface area contributed by atoms with Gasteiger partial charge in [-0.3, -0.25) is 14.4 Å². The Labute approximate surface area is 229 Å². The number of piperidine rings is 1. The van der Waals surface area contributed by atoms with Gasteiger partial charge in [0.15, 0.2) is 10.8 Å². The molecular formula is C26H29N7O6S. The molecule has 0 saturated carbocycles. The number of nitrogens with zero attached hydrogens (tertiary/aromatic N) is 3. The average molecular weight is 568 g/mol. The van der Waals surface area contributed by atoms with Crippen molar-refractivity contribution in [2.45, 2.75) is 42.4 Å². The lowest BCUT2D eigenvalue weighted by Gasteiger charge is -2.38. The number of nitrogens with two attached hydrogens (primary N) is 1. The second-order valence-electron chi connectivity index (χ2n) is 9.74. The topological polar surface area (TPSA) is 185 Å². The van der Waals surface area contributed by atoms with E-state index in [-0.39, 0.29) is 36.6 Å². The van der Waals surface area contributed by atoms with Gasteiger partial charge in [-0.2, -0.15) is 0 Å². The molecule has 1 aliphatic rings. The fraction of sp³-hybridized carbons (Fsp3) is 0.308. The Morgan fingerprint density at radius 2 is 2.02 bits per heavy atom. The number of H-pyrrole nitrogens is 1. The van der Waals surface area contributed by atoms with Crippen LogP contribution in [0.5, 0.6) is 0 Å². The molecule has 1 aliphatic heterocycles. The number of carbonyl (C=O) groups is 3. The number of furan rings is 1. The molecule has 5 N–H and O–H groups in total. The van der Waals surface area contributed by atoms with Crippen LogP contribution in [0.2, 0.25) is 0 Å². The summed E-state index contributed by atoms with van der Waals surface area (Å²) in [7, 11) is -2.32. The van der Waals surface area contributed by atoms with Crippen LogP contribution in [0.3, 0.4) is 0 Å². The summed E-state index contributed by atoms with van der Waals surface area (Å²) in [6.45, 7) is 0.0662. The van der Waals surface area contributed by atoms with Crippen molar-refractivity contribution in [3.8, 4) is 0 Å². The van der Waals surface area contributed by atoms with Gasteiger partial charge in [-0.15, -0.1) is 0 Å². The molecule has 1 fully saturated rings. The number of sulfonamides is 1. The van der Waals surface area contributed by atoms with Gasteiger partial charge in [-0.25, -0.2) is 18.1 Å². The van der Waals surface area contributed by atoms with E-state index in [1.165, 1.54) is 34.3 Å². The van der Waals surface area contributed by atoms with Crippen LogP contribution in [0.25, 0.3) is 10.9 Å². The molecule has 14 heteroatoms. The number of carbonyl (C=O) groups excluding carboxylic acids is 3. The normalized spacial score (nSPS) is 18.5. The van der Waals surface area contributed by atoms with Crippen LogP contribution in [0, 0.1) is 0 Å². The predicted molar refractivity (Wildman–Crippen MR) is 143 cm³/mol. The standard InChI is InChI=1S/C26H29N7O6S/c1-32-14-23(29-15-32)40(37,38)31-17-8-9-33(26(36)22-7-4-10-39-22)21(12-17)25(35)30-20(24(27)34)11-16-13-28-19-6-3-2-5-18(16)19/h2-7,10,13-15,17,20-21,28,31H,8-9,11-12H2,1H3,(H2,27,34)(H,30,35). The van der Waals surface area contributed by atoms with E-state index >= 15 is 0 Å². The molecule has 0 bridgehead atoms. The highest BCUT2D eigenvalue weighted by Gasteiger charge is 2.40. The van der Waals surface area contributed by atoms with E-state index in [4.69, 9.17) is 10.2 Å². The first-order chi connectivity index (χ1) is 19.1. The molecular weight excluding hydrogens is 538 g/mol. The monoisotopic (exact) mass is 567 g/mol. The maximum atomic E-state index is 13.6. The number of hydrogen-bond acceptors (Lipinski definition) is 7. The molecule has 13 nitrogen and oxygen atoms in total. The van der Waals surface area contributed by atoms with Gasteiger partial charge in [0.25, 0.3) is 15.9 Å². The SMILES string of the molecule is Cn1cnc(S(=O)(=O)NC2CCN(C(=O)c3ccco3)C(C(=O)NC(Cc3c[nH]c4ccccc34)C(N)=O)C2)c1. The van der Waals surface area contributed by atoms with Crippen molar-refractivity contribution < 1.29 is 27.2 Å². The number of fused-ring (bicyclic) bond motifs is 1. The van der Waals surface area contributed by atoms with Gasteiger partial charge in [-0.1, -0.05) is 18.2 Å². The number of benzene rings is 1. The first-order valence-electron chi connectivity index (χ1n) is 12.6. The van der Waals surface area contributed by atoms with E-state index in [1.54, 1.807) is 19.3 Å².